The zero-order chi connectivity index (χ0) is 16.8. The molecule has 23 heavy (non-hydrogen) atoms. The summed E-state index contributed by atoms with van der Waals surface area (Å²) in [6.07, 6.45) is 2.13. The van der Waals surface area contributed by atoms with E-state index >= 15 is 0 Å². The van der Waals surface area contributed by atoms with E-state index in [0.29, 0.717) is 12.5 Å². The van der Waals surface area contributed by atoms with Gasteiger partial charge in [0.2, 0.25) is 11.8 Å². The number of rotatable bonds is 6. The first kappa shape index (κ1) is 17.5. The molecule has 1 aliphatic heterocycles. The van der Waals surface area contributed by atoms with Gasteiger partial charge in [0.1, 0.15) is 6.54 Å². The maximum absolute atomic E-state index is 12.1. The molecule has 2 amide bonds. The van der Waals surface area contributed by atoms with Crippen molar-refractivity contribution in [1.29, 1.82) is 0 Å². The molecule has 0 aromatic heterocycles. The molecule has 1 aromatic rings. The Bertz CT molecular complexity index is 534. The highest BCUT2D eigenvalue weighted by Gasteiger charge is 2.19. The highest BCUT2D eigenvalue weighted by atomic mass is 16.5. The molecule has 0 radical (unpaired) electrons. The van der Waals surface area contributed by atoms with E-state index in [9.17, 15) is 9.59 Å². The van der Waals surface area contributed by atoms with E-state index in [1.807, 2.05) is 24.3 Å². The van der Waals surface area contributed by atoms with Crippen molar-refractivity contribution in [2.75, 3.05) is 24.6 Å². The van der Waals surface area contributed by atoms with Crippen LogP contribution in [0.3, 0.4) is 0 Å². The van der Waals surface area contributed by atoms with Gasteiger partial charge in [0.05, 0.1) is 6.10 Å². The lowest BCUT2D eigenvalue weighted by molar-refractivity contribution is -0.123. The molecule has 1 unspecified atom stereocenters. The van der Waals surface area contributed by atoms with E-state index in [-0.39, 0.29) is 24.5 Å². The van der Waals surface area contributed by atoms with E-state index < -0.39 is 0 Å². The third-order valence-electron chi connectivity index (χ3n) is 4.10. The number of benzene rings is 1. The molecule has 2 rings (SSSR count). The van der Waals surface area contributed by atoms with Crippen molar-refractivity contribution in [1.82, 2.24) is 5.32 Å². The number of nitrogens with one attached hydrogen (secondary N) is 1. The van der Waals surface area contributed by atoms with Crippen LogP contribution >= 0.6 is 0 Å². The summed E-state index contributed by atoms with van der Waals surface area (Å²) >= 11 is 0. The molecule has 0 bridgehead atoms. The predicted molar refractivity (Wildman–Crippen MR) is 90.5 cm³/mol. The SMILES string of the molecule is CC(=O)N(CC(=O)NCC1CCCO1)c1ccc(C(C)C)cc1. The summed E-state index contributed by atoms with van der Waals surface area (Å²) in [5.74, 6) is 0.128. The first-order valence-electron chi connectivity index (χ1n) is 8.23. The average molecular weight is 318 g/mol. The number of carbonyl (C=O) groups excluding carboxylic acids is 2. The molecule has 1 fully saturated rings. The first-order valence-corrected chi connectivity index (χ1v) is 8.23. The average Bonchev–Trinajstić information content (AvgIpc) is 3.04. The second-order valence-corrected chi connectivity index (χ2v) is 6.29. The Labute approximate surface area is 138 Å². The summed E-state index contributed by atoms with van der Waals surface area (Å²) in [6, 6.07) is 7.79. The van der Waals surface area contributed by atoms with Gasteiger partial charge < -0.3 is 15.0 Å². The van der Waals surface area contributed by atoms with Crippen LogP contribution in [0.2, 0.25) is 0 Å². The van der Waals surface area contributed by atoms with E-state index in [2.05, 4.69) is 19.2 Å². The summed E-state index contributed by atoms with van der Waals surface area (Å²) in [5.41, 5.74) is 1.95. The number of nitrogens with zero attached hydrogens (tertiary/aromatic N) is 1. The minimum atomic E-state index is -0.163. The van der Waals surface area contributed by atoms with Gasteiger partial charge in [0.15, 0.2) is 0 Å². The number of anilines is 1. The van der Waals surface area contributed by atoms with Crippen LogP contribution in [-0.4, -0.2) is 37.6 Å². The molecule has 1 aliphatic rings. The van der Waals surface area contributed by atoms with Crippen LogP contribution in [0.15, 0.2) is 24.3 Å². The number of amides is 2. The van der Waals surface area contributed by atoms with Gasteiger partial charge in [-0.2, -0.15) is 0 Å². The van der Waals surface area contributed by atoms with E-state index in [1.54, 1.807) is 0 Å². The lowest BCUT2D eigenvalue weighted by Gasteiger charge is -2.22. The van der Waals surface area contributed by atoms with Crippen LogP contribution in [0, 0.1) is 0 Å². The molecule has 0 saturated carbocycles. The Morgan fingerprint density at radius 1 is 1.30 bits per heavy atom. The van der Waals surface area contributed by atoms with Gasteiger partial charge in [-0.05, 0) is 36.5 Å². The quantitative estimate of drug-likeness (QED) is 0.876. The molecule has 1 atom stereocenters. The molecule has 1 aromatic carbocycles. The molecule has 0 spiro atoms. The van der Waals surface area contributed by atoms with Gasteiger partial charge in [0, 0.05) is 25.8 Å². The van der Waals surface area contributed by atoms with Crippen LogP contribution in [0.5, 0.6) is 0 Å². The molecule has 1 N–H and O–H groups in total. The van der Waals surface area contributed by atoms with E-state index in [4.69, 9.17) is 4.74 Å². The maximum Gasteiger partial charge on any atom is 0.240 e. The normalized spacial score (nSPS) is 17.3. The fourth-order valence-electron chi connectivity index (χ4n) is 2.66. The molecule has 126 valence electrons. The van der Waals surface area contributed by atoms with E-state index in [0.717, 1.165) is 25.1 Å². The Morgan fingerprint density at radius 3 is 2.52 bits per heavy atom. The molecule has 1 saturated heterocycles. The zero-order valence-electron chi connectivity index (χ0n) is 14.2. The van der Waals surface area contributed by atoms with Crippen LogP contribution in [0.1, 0.15) is 45.1 Å². The van der Waals surface area contributed by atoms with Crippen molar-refractivity contribution < 1.29 is 14.3 Å². The standard InChI is InChI=1S/C18H26N2O3/c1-13(2)15-6-8-16(9-7-15)20(14(3)21)12-18(22)19-11-17-5-4-10-23-17/h6-9,13,17H,4-5,10-12H2,1-3H3,(H,19,22). The summed E-state index contributed by atoms with van der Waals surface area (Å²) in [6.45, 7) is 7.03. The van der Waals surface area contributed by atoms with Crippen molar-refractivity contribution in [3.8, 4) is 0 Å². The lowest BCUT2D eigenvalue weighted by atomic mass is 10.0. The lowest BCUT2D eigenvalue weighted by Crippen LogP contribution is -2.42. The van der Waals surface area contributed by atoms with Crippen molar-refractivity contribution in [3.63, 3.8) is 0 Å². The summed E-state index contributed by atoms with van der Waals surface area (Å²) < 4.78 is 5.48. The molecule has 0 aliphatic carbocycles. The Hall–Kier alpha value is -1.88. The predicted octanol–water partition coefficient (Wildman–Crippen LogP) is 2.46. The number of ether oxygens (including phenoxy) is 1. The van der Waals surface area contributed by atoms with Crippen molar-refractivity contribution in [3.05, 3.63) is 29.8 Å². The van der Waals surface area contributed by atoms with Gasteiger partial charge in [-0.15, -0.1) is 0 Å². The molecule has 5 heteroatoms. The first-order chi connectivity index (χ1) is 11.0. The second kappa shape index (κ2) is 8.11. The third kappa shape index (κ3) is 5.06. The number of carbonyl (C=O) groups is 2. The van der Waals surface area contributed by atoms with Gasteiger partial charge in [-0.1, -0.05) is 26.0 Å². The van der Waals surface area contributed by atoms with Gasteiger partial charge >= 0.3 is 0 Å². The zero-order valence-corrected chi connectivity index (χ0v) is 14.2. The fraction of sp³-hybridized carbons (Fsp3) is 0.556. The summed E-state index contributed by atoms with van der Waals surface area (Å²) in [4.78, 5) is 25.5. The summed E-state index contributed by atoms with van der Waals surface area (Å²) in [5, 5.41) is 2.85. The molecule has 5 nitrogen and oxygen atoms in total. The van der Waals surface area contributed by atoms with Crippen LogP contribution in [0.25, 0.3) is 0 Å². The minimum Gasteiger partial charge on any atom is -0.376 e. The van der Waals surface area contributed by atoms with Crippen LogP contribution in [-0.2, 0) is 14.3 Å². The Morgan fingerprint density at radius 2 is 2.00 bits per heavy atom. The topological polar surface area (TPSA) is 58.6 Å². The molecular formula is C18H26N2O3. The highest BCUT2D eigenvalue weighted by molar-refractivity contribution is 5.97. The fourth-order valence-corrected chi connectivity index (χ4v) is 2.66. The van der Waals surface area contributed by atoms with Crippen LogP contribution < -0.4 is 10.2 Å². The Kier molecular flexibility index (Phi) is 6.16. The molecular weight excluding hydrogens is 292 g/mol. The third-order valence-corrected chi connectivity index (χ3v) is 4.10. The highest BCUT2D eigenvalue weighted by Crippen LogP contribution is 2.20. The monoisotopic (exact) mass is 318 g/mol. The van der Waals surface area contributed by atoms with Crippen molar-refractivity contribution >= 4 is 17.5 Å². The van der Waals surface area contributed by atoms with Crippen LogP contribution in [0.4, 0.5) is 5.69 Å². The minimum absolute atomic E-state index is 0.0308. The van der Waals surface area contributed by atoms with Gasteiger partial charge in [-0.25, -0.2) is 0 Å². The smallest absolute Gasteiger partial charge is 0.240 e. The Balaban J connectivity index is 1.94. The van der Waals surface area contributed by atoms with Gasteiger partial charge in [0.25, 0.3) is 0 Å². The number of hydrogen-bond donors (Lipinski definition) is 1. The maximum atomic E-state index is 12.1. The largest absolute Gasteiger partial charge is 0.376 e. The summed E-state index contributed by atoms with van der Waals surface area (Å²) in [7, 11) is 0. The van der Waals surface area contributed by atoms with Crippen molar-refractivity contribution in [2.45, 2.75) is 45.6 Å². The molecule has 1 heterocycles. The van der Waals surface area contributed by atoms with Gasteiger partial charge in [-0.3, -0.25) is 9.59 Å². The van der Waals surface area contributed by atoms with Crippen molar-refractivity contribution in [2.24, 2.45) is 0 Å². The number of hydrogen-bond acceptors (Lipinski definition) is 3. The van der Waals surface area contributed by atoms with E-state index in [1.165, 1.54) is 17.4 Å². The second-order valence-electron chi connectivity index (χ2n) is 6.29.